The molecule has 2 aliphatic rings. The molecule has 31 heavy (non-hydrogen) atoms. The molecule has 2 aromatic carbocycles. The quantitative estimate of drug-likeness (QED) is 0.405. The van der Waals surface area contributed by atoms with E-state index >= 15 is 0 Å². The van der Waals surface area contributed by atoms with Crippen LogP contribution in [0.3, 0.4) is 0 Å². The fourth-order valence-corrected chi connectivity index (χ4v) is 5.51. The third-order valence-corrected chi connectivity index (χ3v) is 6.85. The maximum atomic E-state index is 12.7. The summed E-state index contributed by atoms with van der Waals surface area (Å²) in [4.78, 5) is 38.0. The molecule has 7 nitrogen and oxygen atoms in total. The molecule has 1 unspecified atom stereocenters. The molecule has 3 atom stereocenters. The van der Waals surface area contributed by atoms with Gasteiger partial charge in [-0.15, -0.1) is 11.8 Å². The minimum atomic E-state index is -1.28. The number of carboxylic acids is 1. The summed E-state index contributed by atoms with van der Waals surface area (Å²) < 4.78 is 5.20. The van der Waals surface area contributed by atoms with Crippen molar-refractivity contribution in [1.82, 2.24) is 10.2 Å². The van der Waals surface area contributed by atoms with Gasteiger partial charge in [-0.3, -0.25) is 9.59 Å². The second-order valence-electron chi connectivity index (χ2n) is 7.82. The van der Waals surface area contributed by atoms with Gasteiger partial charge in [0, 0.05) is 10.3 Å². The zero-order chi connectivity index (χ0) is 21.5. The summed E-state index contributed by atoms with van der Waals surface area (Å²) >= 11 is 1.36. The van der Waals surface area contributed by atoms with Crippen LogP contribution in [0.4, 0.5) is 0 Å². The molecule has 2 aliphatic heterocycles. The van der Waals surface area contributed by atoms with Crippen molar-refractivity contribution in [2.75, 3.05) is 0 Å². The third kappa shape index (κ3) is 4.86. The van der Waals surface area contributed by atoms with Crippen LogP contribution < -0.4 is 66.5 Å². The molecule has 9 heteroatoms. The topological polar surface area (TPSA) is 98.8 Å². The van der Waals surface area contributed by atoms with E-state index in [4.69, 9.17) is 4.74 Å². The molecule has 1 N–H and O–H groups in total. The number of fused-ring (bicyclic) bond motifs is 1. The standard InChI is InChI=1S/C22H22N2O5S.K/c1-22(2)18(21(27)28)24-19(26)17(20(24)30-22)23-16(25)12-13-8-6-7-11-15(13)29-14-9-4-3-5-10-14;/h3-11,17-18,20H,12H2,1-2H3,(H,23,25)(H,27,28);/q;+1/p-1/t17?,18-,20+;/m0./s1. The first kappa shape index (κ1) is 24.3. The van der Waals surface area contributed by atoms with E-state index < -0.39 is 34.1 Å². The second kappa shape index (κ2) is 9.64. The van der Waals surface area contributed by atoms with E-state index in [-0.39, 0.29) is 63.7 Å². The summed E-state index contributed by atoms with van der Waals surface area (Å²) in [6.45, 7) is 3.53. The van der Waals surface area contributed by atoms with E-state index in [1.54, 1.807) is 26.0 Å². The molecule has 0 saturated carbocycles. The number of aliphatic carboxylic acids is 1. The van der Waals surface area contributed by atoms with Crippen molar-refractivity contribution in [3.8, 4) is 11.5 Å². The molecule has 2 saturated heterocycles. The SMILES string of the molecule is CC1(C)S[C@@H]2C(NC(=O)Cc3ccccc3Oc3ccccc3)C(=O)N2[C@H]1C(=O)[O-].[K+]. The Balaban J connectivity index is 0.00000272. The normalized spacial score (nSPS) is 23.2. The summed E-state index contributed by atoms with van der Waals surface area (Å²) in [5, 5.41) is 13.8. The molecule has 0 radical (unpaired) electrons. The largest absolute Gasteiger partial charge is 1.00 e. The van der Waals surface area contributed by atoms with E-state index in [1.807, 2.05) is 42.5 Å². The molecule has 0 bridgehead atoms. The number of benzene rings is 2. The van der Waals surface area contributed by atoms with Crippen LogP contribution in [0.2, 0.25) is 0 Å². The molecule has 2 amide bonds. The summed E-state index contributed by atoms with van der Waals surface area (Å²) in [6, 6.07) is 14.7. The zero-order valence-corrected chi connectivity index (χ0v) is 21.5. The van der Waals surface area contributed by atoms with Gasteiger partial charge in [0.25, 0.3) is 0 Å². The Kier molecular flexibility index (Phi) is 7.55. The van der Waals surface area contributed by atoms with Crippen molar-refractivity contribution < 1.29 is 75.6 Å². The molecular weight excluding hydrogens is 443 g/mol. The van der Waals surface area contributed by atoms with Crippen molar-refractivity contribution in [1.29, 1.82) is 0 Å². The van der Waals surface area contributed by atoms with E-state index in [9.17, 15) is 19.5 Å². The van der Waals surface area contributed by atoms with Gasteiger partial charge in [0.1, 0.15) is 22.9 Å². The number of para-hydroxylation sites is 2. The predicted molar refractivity (Wildman–Crippen MR) is 110 cm³/mol. The van der Waals surface area contributed by atoms with Crippen molar-refractivity contribution >= 4 is 29.5 Å². The van der Waals surface area contributed by atoms with Crippen molar-refractivity contribution in [2.45, 2.75) is 42.5 Å². The van der Waals surface area contributed by atoms with E-state index in [0.29, 0.717) is 17.1 Å². The number of carbonyl (C=O) groups excluding carboxylic acids is 3. The Hall–Kier alpha value is -1.36. The van der Waals surface area contributed by atoms with Crippen LogP contribution in [-0.4, -0.2) is 44.9 Å². The molecule has 4 rings (SSSR count). The second-order valence-corrected chi connectivity index (χ2v) is 9.59. The van der Waals surface area contributed by atoms with Crippen molar-refractivity contribution in [3.05, 3.63) is 60.2 Å². The van der Waals surface area contributed by atoms with Crippen LogP contribution in [0.25, 0.3) is 0 Å². The van der Waals surface area contributed by atoms with E-state index in [1.165, 1.54) is 16.7 Å². The number of ether oxygens (including phenoxy) is 1. The predicted octanol–water partition coefficient (Wildman–Crippen LogP) is -1.68. The number of carboxylic acid groups (broad SMARTS) is 1. The van der Waals surface area contributed by atoms with Gasteiger partial charge >= 0.3 is 51.4 Å². The number of carbonyl (C=O) groups is 3. The fraction of sp³-hybridized carbons (Fsp3) is 0.318. The van der Waals surface area contributed by atoms with Crippen LogP contribution in [0.15, 0.2) is 54.6 Å². The van der Waals surface area contributed by atoms with E-state index in [2.05, 4.69) is 5.32 Å². The monoisotopic (exact) mass is 464 g/mol. The van der Waals surface area contributed by atoms with Gasteiger partial charge in [0.2, 0.25) is 11.8 Å². The van der Waals surface area contributed by atoms with Crippen LogP contribution >= 0.6 is 11.8 Å². The van der Waals surface area contributed by atoms with Gasteiger partial charge < -0.3 is 24.9 Å². The number of nitrogens with one attached hydrogen (secondary N) is 1. The average molecular weight is 465 g/mol. The number of nitrogens with zero attached hydrogens (tertiary/aromatic N) is 1. The number of rotatable bonds is 6. The van der Waals surface area contributed by atoms with Crippen LogP contribution in [0.5, 0.6) is 11.5 Å². The molecule has 2 fully saturated rings. The summed E-state index contributed by atoms with van der Waals surface area (Å²) in [6.07, 6.45) is 0.0392. The first-order chi connectivity index (χ1) is 14.3. The first-order valence-corrected chi connectivity index (χ1v) is 10.5. The van der Waals surface area contributed by atoms with Crippen LogP contribution in [0, 0.1) is 0 Å². The van der Waals surface area contributed by atoms with Gasteiger partial charge in [0.15, 0.2) is 0 Å². The molecule has 0 aliphatic carbocycles. The Labute approximate surface area is 227 Å². The van der Waals surface area contributed by atoms with E-state index in [0.717, 1.165) is 0 Å². The van der Waals surface area contributed by atoms with Gasteiger partial charge in [-0.05, 0) is 32.0 Å². The molecule has 156 valence electrons. The van der Waals surface area contributed by atoms with Crippen LogP contribution in [-0.2, 0) is 20.8 Å². The van der Waals surface area contributed by atoms with Gasteiger partial charge in [-0.2, -0.15) is 0 Å². The van der Waals surface area contributed by atoms with Gasteiger partial charge in [-0.25, -0.2) is 0 Å². The number of hydrogen-bond donors (Lipinski definition) is 1. The Bertz CT molecular complexity index is 1000. The summed E-state index contributed by atoms with van der Waals surface area (Å²) in [7, 11) is 0. The maximum absolute atomic E-state index is 12.7. The average Bonchev–Trinajstić information content (AvgIpc) is 2.96. The third-order valence-electron chi connectivity index (χ3n) is 5.28. The summed E-state index contributed by atoms with van der Waals surface area (Å²) in [5.74, 6) is -0.774. The Morgan fingerprint density at radius 2 is 1.77 bits per heavy atom. The van der Waals surface area contributed by atoms with Crippen molar-refractivity contribution in [3.63, 3.8) is 0 Å². The maximum Gasteiger partial charge on any atom is 1.00 e. The first-order valence-electron chi connectivity index (χ1n) is 9.59. The number of amides is 2. The van der Waals surface area contributed by atoms with Crippen LogP contribution in [0.1, 0.15) is 19.4 Å². The molecular formula is C22H21KN2O5S. The molecule has 2 heterocycles. The van der Waals surface area contributed by atoms with Crippen molar-refractivity contribution in [2.24, 2.45) is 0 Å². The molecule has 0 aromatic heterocycles. The minimum absolute atomic E-state index is 0. The zero-order valence-electron chi connectivity index (χ0n) is 17.5. The molecule has 2 aromatic rings. The Morgan fingerprint density at radius 1 is 1.13 bits per heavy atom. The summed E-state index contributed by atoms with van der Waals surface area (Å²) in [5.41, 5.74) is 0.689. The van der Waals surface area contributed by atoms with Gasteiger partial charge in [-0.1, -0.05) is 36.4 Å². The fourth-order valence-electron chi connectivity index (χ4n) is 3.89. The minimum Gasteiger partial charge on any atom is -0.548 e. The smallest absolute Gasteiger partial charge is 0.548 e. The number of thioether (sulfide) groups is 1. The Morgan fingerprint density at radius 3 is 2.45 bits per heavy atom. The molecule has 0 spiro atoms. The number of β-lactam (4-membered cyclic amide) rings is 1. The number of hydrogen-bond acceptors (Lipinski definition) is 6. The van der Waals surface area contributed by atoms with Gasteiger partial charge in [0.05, 0.1) is 18.4 Å².